The molecule has 2 atom stereocenters. The minimum atomic E-state index is -1.03. The first-order valence-corrected chi connectivity index (χ1v) is 12.1. The van der Waals surface area contributed by atoms with Crippen LogP contribution in [0.5, 0.6) is 0 Å². The Morgan fingerprint density at radius 3 is 2.38 bits per heavy atom. The first-order chi connectivity index (χ1) is 16.1. The predicted octanol–water partition coefficient (Wildman–Crippen LogP) is 1.48. The topological polar surface area (TPSA) is 131 Å². The van der Waals surface area contributed by atoms with Crippen molar-refractivity contribution in [2.24, 2.45) is 5.92 Å². The number of ether oxygens (including phenoxy) is 2. The summed E-state index contributed by atoms with van der Waals surface area (Å²) in [7, 11) is 0. The largest absolute Gasteiger partial charge is 0.457 e. The maximum atomic E-state index is 13.2. The van der Waals surface area contributed by atoms with Gasteiger partial charge in [0.2, 0.25) is 11.8 Å². The Bertz CT molecular complexity index is 892. The Hall–Kier alpha value is -3.08. The highest BCUT2D eigenvalue weighted by molar-refractivity contribution is 7.99. The third-order valence-corrected chi connectivity index (χ3v) is 5.89. The predicted molar refractivity (Wildman–Crippen MR) is 126 cm³/mol. The van der Waals surface area contributed by atoms with Crippen LogP contribution in [-0.2, 0) is 35.3 Å². The van der Waals surface area contributed by atoms with Crippen LogP contribution in [0.3, 0.4) is 0 Å². The van der Waals surface area contributed by atoms with Gasteiger partial charge < -0.3 is 25.0 Å². The van der Waals surface area contributed by atoms with Crippen LogP contribution in [0.15, 0.2) is 30.3 Å². The second-order valence-corrected chi connectivity index (χ2v) is 9.35. The summed E-state index contributed by atoms with van der Waals surface area (Å²) in [6.45, 7) is 6.31. The SMILES string of the molecule is CC(C)OC(=O)C(=O)CNC(=O)[C@@H]1CSCN1C(=O)C(NC(=O)OCc1ccccc1)C(C)C. The number of hydrogen-bond acceptors (Lipinski definition) is 8. The van der Waals surface area contributed by atoms with E-state index < -0.39 is 54.4 Å². The number of esters is 1. The average molecular weight is 494 g/mol. The van der Waals surface area contributed by atoms with Gasteiger partial charge in [0.1, 0.15) is 18.7 Å². The molecule has 2 N–H and O–H groups in total. The Kier molecular flexibility index (Phi) is 10.4. The third-order valence-electron chi connectivity index (χ3n) is 4.88. The van der Waals surface area contributed by atoms with Gasteiger partial charge in [0.05, 0.1) is 18.5 Å². The highest BCUT2D eigenvalue weighted by atomic mass is 32.2. The molecule has 1 unspecified atom stereocenters. The van der Waals surface area contributed by atoms with Crippen LogP contribution < -0.4 is 10.6 Å². The molecule has 1 aliphatic rings. The number of Topliss-reactive ketones (excluding diaryl/α,β-unsaturated/α-hetero) is 1. The molecule has 0 aliphatic carbocycles. The maximum absolute atomic E-state index is 13.2. The quantitative estimate of drug-likeness (QED) is 0.370. The van der Waals surface area contributed by atoms with E-state index in [-0.39, 0.29) is 18.4 Å². The standard InChI is InChI=1S/C23H31N3O7S/c1-14(2)19(25-23(31)32-11-16-8-6-5-7-9-16)21(29)26-13-34-12-17(26)20(28)24-10-18(27)22(30)33-15(3)4/h5-9,14-15,17,19H,10-13H2,1-4H3,(H,24,28)(H,25,31)/t17-,19?/m0/s1. The molecular weight excluding hydrogens is 462 g/mol. The zero-order chi connectivity index (χ0) is 25.3. The van der Waals surface area contributed by atoms with Gasteiger partial charge in [-0.3, -0.25) is 14.4 Å². The van der Waals surface area contributed by atoms with E-state index >= 15 is 0 Å². The summed E-state index contributed by atoms with van der Waals surface area (Å²) in [5, 5.41) is 5.00. The molecule has 0 spiro atoms. The summed E-state index contributed by atoms with van der Waals surface area (Å²) >= 11 is 1.38. The summed E-state index contributed by atoms with van der Waals surface area (Å²) in [6, 6.07) is 7.40. The van der Waals surface area contributed by atoms with Gasteiger partial charge in [-0.15, -0.1) is 11.8 Å². The van der Waals surface area contributed by atoms with E-state index in [2.05, 4.69) is 10.6 Å². The Labute approximate surface area is 203 Å². The summed E-state index contributed by atoms with van der Waals surface area (Å²) in [5.41, 5.74) is 0.810. The van der Waals surface area contributed by atoms with Gasteiger partial charge in [-0.05, 0) is 25.3 Å². The molecule has 1 saturated heterocycles. The van der Waals surface area contributed by atoms with Crippen LogP contribution in [0.4, 0.5) is 4.79 Å². The maximum Gasteiger partial charge on any atom is 0.408 e. The summed E-state index contributed by atoms with van der Waals surface area (Å²) in [4.78, 5) is 63.0. The van der Waals surface area contributed by atoms with Gasteiger partial charge in [0.25, 0.3) is 5.78 Å². The van der Waals surface area contributed by atoms with Crippen molar-refractivity contribution in [1.82, 2.24) is 15.5 Å². The summed E-state index contributed by atoms with van der Waals surface area (Å²) in [6.07, 6.45) is -1.19. The van der Waals surface area contributed by atoms with Crippen molar-refractivity contribution in [3.8, 4) is 0 Å². The van der Waals surface area contributed by atoms with Crippen molar-refractivity contribution in [2.75, 3.05) is 18.2 Å². The number of rotatable bonds is 10. The van der Waals surface area contributed by atoms with Gasteiger partial charge >= 0.3 is 12.1 Å². The second kappa shape index (κ2) is 13.0. The Morgan fingerprint density at radius 2 is 1.76 bits per heavy atom. The molecule has 0 radical (unpaired) electrons. The third kappa shape index (κ3) is 8.05. The minimum Gasteiger partial charge on any atom is -0.457 e. The van der Waals surface area contributed by atoms with Crippen LogP contribution in [0, 0.1) is 5.92 Å². The van der Waals surface area contributed by atoms with Gasteiger partial charge in [-0.1, -0.05) is 44.2 Å². The van der Waals surface area contributed by atoms with Crippen molar-refractivity contribution >= 4 is 41.4 Å². The van der Waals surface area contributed by atoms with Crippen molar-refractivity contribution in [1.29, 1.82) is 0 Å². The highest BCUT2D eigenvalue weighted by Gasteiger charge is 2.39. The lowest BCUT2D eigenvalue weighted by Gasteiger charge is -2.29. The zero-order valence-electron chi connectivity index (χ0n) is 19.7. The van der Waals surface area contributed by atoms with Gasteiger partial charge in [-0.25, -0.2) is 9.59 Å². The molecule has 10 nitrogen and oxygen atoms in total. The molecule has 1 heterocycles. The first kappa shape index (κ1) is 27.2. The van der Waals surface area contributed by atoms with Gasteiger partial charge in [-0.2, -0.15) is 0 Å². The number of amides is 3. The molecule has 11 heteroatoms. The van der Waals surface area contributed by atoms with Crippen LogP contribution in [0.25, 0.3) is 0 Å². The van der Waals surface area contributed by atoms with Crippen molar-refractivity contribution < 1.29 is 33.4 Å². The van der Waals surface area contributed by atoms with E-state index in [0.29, 0.717) is 5.75 Å². The van der Waals surface area contributed by atoms with Gasteiger partial charge in [0, 0.05) is 5.75 Å². The van der Waals surface area contributed by atoms with Crippen molar-refractivity contribution in [2.45, 2.75) is 52.5 Å². The van der Waals surface area contributed by atoms with E-state index in [1.54, 1.807) is 27.7 Å². The van der Waals surface area contributed by atoms with Crippen LogP contribution in [0.2, 0.25) is 0 Å². The minimum absolute atomic E-state index is 0.0591. The Morgan fingerprint density at radius 1 is 1.09 bits per heavy atom. The zero-order valence-corrected chi connectivity index (χ0v) is 20.6. The fourth-order valence-corrected chi connectivity index (χ4v) is 4.26. The number of carbonyl (C=O) groups is 5. The molecule has 2 rings (SSSR count). The number of thioether (sulfide) groups is 1. The Balaban J connectivity index is 1.94. The molecule has 0 bridgehead atoms. The molecular formula is C23H31N3O7S. The fourth-order valence-electron chi connectivity index (χ4n) is 3.10. The smallest absolute Gasteiger partial charge is 0.408 e. The molecule has 1 aliphatic heterocycles. The molecule has 186 valence electrons. The van der Waals surface area contributed by atoms with E-state index in [9.17, 15) is 24.0 Å². The van der Waals surface area contributed by atoms with E-state index in [1.165, 1.54) is 16.7 Å². The molecule has 34 heavy (non-hydrogen) atoms. The lowest BCUT2D eigenvalue weighted by Crippen LogP contribution is -2.56. The number of carbonyl (C=O) groups excluding carboxylic acids is 5. The number of ketones is 1. The van der Waals surface area contributed by atoms with Gasteiger partial charge in [0.15, 0.2) is 0 Å². The summed E-state index contributed by atoms with van der Waals surface area (Å²) in [5.74, 6) is -2.58. The van der Waals surface area contributed by atoms with Crippen molar-refractivity contribution in [3.05, 3.63) is 35.9 Å². The molecule has 0 saturated carbocycles. The monoisotopic (exact) mass is 493 g/mol. The number of benzene rings is 1. The fraction of sp³-hybridized carbons (Fsp3) is 0.522. The van der Waals surface area contributed by atoms with E-state index in [0.717, 1.165) is 5.56 Å². The van der Waals surface area contributed by atoms with Crippen molar-refractivity contribution in [3.63, 3.8) is 0 Å². The first-order valence-electron chi connectivity index (χ1n) is 11.0. The van der Waals surface area contributed by atoms with E-state index in [1.807, 2.05) is 30.3 Å². The highest BCUT2D eigenvalue weighted by Crippen LogP contribution is 2.23. The summed E-state index contributed by atoms with van der Waals surface area (Å²) < 4.78 is 10.0. The number of nitrogens with one attached hydrogen (secondary N) is 2. The van der Waals surface area contributed by atoms with Crippen LogP contribution in [-0.4, -0.2) is 70.9 Å². The molecule has 1 fully saturated rings. The number of alkyl carbamates (subject to hydrolysis) is 1. The molecule has 1 aromatic carbocycles. The lowest BCUT2D eigenvalue weighted by atomic mass is 10.0. The molecule has 0 aromatic heterocycles. The van der Waals surface area contributed by atoms with Crippen LogP contribution in [0.1, 0.15) is 33.3 Å². The average Bonchev–Trinajstić information content (AvgIpc) is 3.29. The lowest BCUT2D eigenvalue weighted by molar-refractivity contribution is -0.156. The number of nitrogens with zero attached hydrogens (tertiary/aromatic N) is 1. The van der Waals surface area contributed by atoms with E-state index in [4.69, 9.17) is 9.47 Å². The number of hydrogen-bond donors (Lipinski definition) is 2. The van der Waals surface area contributed by atoms with Crippen LogP contribution >= 0.6 is 11.8 Å². The normalized spacial score (nSPS) is 16.2. The molecule has 1 aromatic rings. The second-order valence-electron chi connectivity index (χ2n) is 8.35. The molecule has 3 amide bonds.